The third-order valence-corrected chi connectivity index (χ3v) is 10.5. The van der Waals surface area contributed by atoms with Crippen LogP contribution >= 0.6 is 22.6 Å². The molecule has 0 amide bonds. The molecule has 5 rings (SSSR count). The van der Waals surface area contributed by atoms with Crippen LogP contribution in [-0.4, -0.2) is 87.9 Å². The van der Waals surface area contributed by atoms with Gasteiger partial charge >= 0.3 is 11.9 Å². The zero-order chi connectivity index (χ0) is 37.5. The number of rotatable bonds is 9. The van der Waals surface area contributed by atoms with Crippen LogP contribution in [0.3, 0.4) is 0 Å². The molecule has 0 aliphatic carbocycles. The van der Waals surface area contributed by atoms with E-state index in [1.807, 2.05) is 93.7 Å². The number of ether oxygens (including phenoxy) is 5. The summed E-state index contributed by atoms with van der Waals surface area (Å²) in [5, 5.41) is 20.9. The number of halogens is 1. The van der Waals surface area contributed by atoms with Crippen LogP contribution in [0.5, 0.6) is 0 Å². The lowest BCUT2D eigenvalue weighted by atomic mass is 9.84. The Morgan fingerprint density at radius 3 is 2.55 bits per heavy atom. The van der Waals surface area contributed by atoms with Gasteiger partial charge in [0.05, 0.1) is 18.3 Å². The highest BCUT2D eigenvalue weighted by Gasteiger charge is 2.57. The van der Waals surface area contributed by atoms with E-state index in [1.54, 1.807) is 20.3 Å². The van der Waals surface area contributed by atoms with Gasteiger partial charge in [0.25, 0.3) is 0 Å². The van der Waals surface area contributed by atoms with Crippen molar-refractivity contribution in [3.8, 4) is 0 Å². The third-order valence-electron chi connectivity index (χ3n) is 9.93. The molecule has 282 valence electrons. The maximum atomic E-state index is 13.4. The maximum absolute atomic E-state index is 13.4. The lowest BCUT2D eigenvalue weighted by molar-refractivity contribution is -0.305. The average Bonchev–Trinajstić information content (AvgIpc) is 3.94. The molecule has 0 radical (unpaired) electrons. The Morgan fingerprint density at radius 1 is 1.20 bits per heavy atom. The van der Waals surface area contributed by atoms with Crippen molar-refractivity contribution >= 4 is 46.6 Å². The van der Waals surface area contributed by atoms with Crippen molar-refractivity contribution in [2.45, 2.75) is 122 Å². The number of carbonyl (C=O) groups is 3. The van der Waals surface area contributed by atoms with Gasteiger partial charge in [0.2, 0.25) is 0 Å². The minimum atomic E-state index is -0.968. The molecule has 4 aliphatic heterocycles. The van der Waals surface area contributed by atoms with E-state index in [4.69, 9.17) is 28.1 Å². The fourth-order valence-corrected chi connectivity index (χ4v) is 7.15. The zero-order valence-corrected chi connectivity index (χ0v) is 32.6. The molecule has 0 saturated carbocycles. The summed E-state index contributed by atoms with van der Waals surface area (Å²) in [6, 6.07) is 0. The van der Waals surface area contributed by atoms with E-state index in [9.17, 15) is 24.6 Å². The van der Waals surface area contributed by atoms with E-state index in [-0.39, 0.29) is 54.9 Å². The first-order valence-corrected chi connectivity index (χ1v) is 19.0. The Balaban J connectivity index is 0.000000894. The molecule has 12 nitrogen and oxygen atoms in total. The van der Waals surface area contributed by atoms with Gasteiger partial charge in [0.15, 0.2) is 12.0 Å². The number of hydrogen-bond donors (Lipinski definition) is 1. The largest absolute Gasteiger partial charge is 0.550 e. The van der Waals surface area contributed by atoms with Crippen LogP contribution in [0.2, 0.25) is 0 Å². The van der Waals surface area contributed by atoms with E-state index in [0.717, 1.165) is 16.8 Å². The maximum Gasteiger partial charge on any atom is 0.338 e. The first-order valence-electron chi connectivity index (χ1n) is 17.5. The number of methoxy groups -OCH3 is 1. The molecule has 0 spiro atoms. The van der Waals surface area contributed by atoms with Crippen LogP contribution in [-0.2, 0) is 38.1 Å². The molecule has 4 aliphatic rings. The topological polar surface area (TPSA) is 173 Å². The van der Waals surface area contributed by atoms with Gasteiger partial charge in [-0.3, -0.25) is 4.79 Å². The molecule has 2 bridgehead atoms. The highest BCUT2D eigenvalue weighted by molar-refractivity contribution is 14.1. The van der Waals surface area contributed by atoms with Crippen molar-refractivity contribution in [3.63, 3.8) is 0 Å². The number of fused-ring (bicyclic) bond motifs is 4. The first kappa shape index (κ1) is 40.9. The smallest absolute Gasteiger partial charge is 0.338 e. The second-order valence-corrected chi connectivity index (χ2v) is 15.2. The normalized spacial score (nSPS) is 34.5. The van der Waals surface area contributed by atoms with Gasteiger partial charge in [-0.2, -0.15) is 0 Å². The van der Waals surface area contributed by atoms with Crippen molar-refractivity contribution in [3.05, 3.63) is 59.4 Å². The predicted octanol–water partition coefficient (Wildman–Crippen LogP) is 4.61. The van der Waals surface area contributed by atoms with Gasteiger partial charge < -0.3 is 43.1 Å². The number of carbonyl (C=O) groups excluding carboxylic acids is 3. The number of aromatic nitrogens is 1. The minimum Gasteiger partial charge on any atom is -0.550 e. The lowest BCUT2D eigenvalue weighted by Gasteiger charge is -2.33. The van der Waals surface area contributed by atoms with Crippen molar-refractivity contribution in [2.24, 2.45) is 17.8 Å². The summed E-state index contributed by atoms with van der Waals surface area (Å²) in [5.41, 5.74) is 1.86. The Morgan fingerprint density at radius 2 is 1.92 bits per heavy atom. The van der Waals surface area contributed by atoms with Crippen LogP contribution in [0.4, 0.5) is 0 Å². The van der Waals surface area contributed by atoms with Gasteiger partial charge in [-0.25, -0.2) is 9.78 Å². The number of aliphatic carboxylic acids is 1. The summed E-state index contributed by atoms with van der Waals surface area (Å²) in [4.78, 5) is 39.5. The van der Waals surface area contributed by atoms with Crippen LogP contribution in [0, 0.1) is 24.7 Å². The number of aryl methyl sites for hydroxylation is 1. The third kappa shape index (κ3) is 11.6. The summed E-state index contributed by atoms with van der Waals surface area (Å²) in [6.45, 7) is 11.6. The Kier molecular flexibility index (Phi) is 14.7. The highest BCUT2D eigenvalue weighted by atomic mass is 127. The minimum absolute atomic E-state index is 0.0130. The number of nitrogens with zero attached hydrogens (tertiary/aromatic N) is 1. The molecular formula is C38H51INO11-. The molecular weight excluding hydrogens is 773 g/mol. The standard InChI is InChI=1S/C35H47NO9.C3H5IO2/c1-19(13-25-18-41-23(5)36-25)9-8-10-21(3)32(40-7)22(4)27-17-29(37)35(6)30(45-35)12-11-20(2)26-14-24(16-31(38)42-26)15-28-33(43-28)34(39)44-27;4-2-1-3(5)6/h8-13,18,20,22,24,26-30,32-33,37H,14-17H2,1-7H3;1-2H2,(H,5,6)/p-1/b9-8+,12-11+,19-13+,21-10+;/t20-,22+,24+,26-,27+,28+,29+,30-,32+,33-,35-;/m1./s1. The number of hydrogen-bond acceptors (Lipinski definition) is 12. The second kappa shape index (κ2) is 18.3. The second-order valence-electron chi connectivity index (χ2n) is 14.1. The zero-order valence-electron chi connectivity index (χ0n) is 30.4. The molecule has 5 heterocycles. The molecule has 3 fully saturated rings. The number of carboxylic acid groups (broad SMARTS) is 1. The van der Waals surface area contributed by atoms with Crippen molar-refractivity contribution < 1.29 is 52.7 Å². The highest BCUT2D eigenvalue weighted by Crippen LogP contribution is 2.44. The molecule has 0 unspecified atom stereocenters. The van der Waals surface area contributed by atoms with Gasteiger partial charge in [-0.05, 0) is 63.2 Å². The van der Waals surface area contributed by atoms with Gasteiger partial charge in [0.1, 0.15) is 35.9 Å². The number of oxazole rings is 1. The van der Waals surface area contributed by atoms with E-state index < -0.39 is 42.0 Å². The Bertz CT molecular complexity index is 1500. The predicted molar refractivity (Wildman–Crippen MR) is 194 cm³/mol. The Labute approximate surface area is 313 Å². The SMILES string of the molecule is CO[C@@H](/C(C)=C/C=C/C(C)=C/c1coc(C)n1)[C@@H](C)[C@@H]1C[C@H](O)[C@@]2(C)O[C@@H]2/C=C/[C@@H](C)[C@H]2C[C@H](CC(=O)O2)C[C@@H]2O[C@H]2C(=O)O1.O=C([O-])CCI. The number of allylic oxidation sites excluding steroid dienone is 4. The van der Waals surface area contributed by atoms with E-state index in [2.05, 4.69) is 4.98 Å². The summed E-state index contributed by atoms with van der Waals surface area (Å²) in [5.74, 6) is -1.28. The number of aliphatic hydroxyl groups excluding tert-OH is 1. The van der Waals surface area contributed by atoms with Crippen molar-refractivity contribution in [1.29, 1.82) is 0 Å². The summed E-state index contributed by atoms with van der Waals surface area (Å²) >= 11 is 1.98. The van der Waals surface area contributed by atoms with Crippen molar-refractivity contribution in [2.75, 3.05) is 11.5 Å². The van der Waals surface area contributed by atoms with Gasteiger partial charge in [-0.1, -0.05) is 66.8 Å². The first-order chi connectivity index (χ1) is 24.1. The molecule has 1 aromatic heterocycles. The number of cyclic esters (lactones) is 1. The summed E-state index contributed by atoms with van der Waals surface area (Å²) < 4.78 is 35.3. The molecule has 1 aromatic rings. The molecule has 13 heteroatoms. The van der Waals surface area contributed by atoms with Crippen LogP contribution in [0.1, 0.15) is 78.3 Å². The van der Waals surface area contributed by atoms with Crippen LogP contribution in [0.15, 0.2) is 52.2 Å². The molecule has 1 N–H and O–H groups in total. The van der Waals surface area contributed by atoms with E-state index in [1.165, 1.54) is 0 Å². The van der Waals surface area contributed by atoms with Crippen LogP contribution in [0.25, 0.3) is 6.08 Å². The fourth-order valence-electron chi connectivity index (χ4n) is 6.71. The average molecular weight is 825 g/mol. The Hall–Kier alpha value is -2.85. The number of aliphatic hydroxyl groups is 1. The van der Waals surface area contributed by atoms with E-state index >= 15 is 0 Å². The molecule has 11 atom stereocenters. The molecule has 0 aromatic carbocycles. The number of carboxylic acids is 1. The monoisotopic (exact) mass is 824 g/mol. The lowest BCUT2D eigenvalue weighted by Crippen LogP contribution is -2.42. The summed E-state index contributed by atoms with van der Waals surface area (Å²) in [6.07, 6.45) is 11.8. The molecule has 51 heavy (non-hydrogen) atoms. The van der Waals surface area contributed by atoms with Gasteiger partial charge in [-0.15, -0.1) is 0 Å². The van der Waals surface area contributed by atoms with E-state index in [0.29, 0.717) is 29.6 Å². The van der Waals surface area contributed by atoms with Gasteiger partial charge in [0, 0.05) is 49.1 Å². The molecule has 3 saturated heterocycles. The number of alkyl halides is 1. The quantitative estimate of drug-likeness (QED) is 0.0917. The van der Waals surface area contributed by atoms with Crippen LogP contribution < -0.4 is 5.11 Å². The fraction of sp³-hybridized carbons (Fsp3) is 0.632. The van der Waals surface area contributed by atoms with Crippen molar-refractivity contribution in [1.82, 2.24) is 4.98 Å². The number of epoxide rings is 2. The number of esters is 2. The summed E-state index contributed by atoms with van der Waals surface area (Å²) in [7, 11) is 1.63.